The predicted molar refractivity (Wildman–Crippen MR) is 151 cm³/mol. The predicted octanol–water partition coefficient (Wildman–Crippen LogP) is 2.02. The standard InChI is InChI=1S/C30H26N6O5/c1-18-15-20(16-19(2)26(18)37)25-23-13-14-31-27(38)33(21-9-5-3-6-10-21)29(40)35(31)24(23)17-32-28(39)34(30(41)36(25)32)22-11-7-4-8-12-22/h3-13,15-16,24-25,37H,14,17H2,1-2H3. The monoisotopic (exact) mass is 550 g/mol. The van der Waals surface area contributed by atoms with Crippen molar-refractivity contribution in [3.8, 4) is 17.1 Å². The zero-order chi connectivity index (χ0) is 28.6. The summed E-state index contributed by atoms with van der Waals surface area (Å²) in [6, 6.07) is 19.5. The SMILES string of the molecule is Cc1cc(C2C3=CCn4c(=O)n(-c5ccccc5)c(=O)n4C3Cn3c(=O)n(-c4ccccc4)c(=O)n32)cc(C)c1O. The summed E-state index contributed by atoms with van der Waals surface area (Å²) in [6.07, 6.45) is 1.86. The molecule has 2 aliphatic heterocycles. The zero-order valence-corrected chi connectivity index (χ0v) is 22.3. The van der Waals surface area contributed by atoms with E-state index in [1.807, 2.05) is 6.08 Å². The fourth-order valence-electron chi connectivity index (χ4n) is 6.20. The molecule has 0 bridgehead atoms. The van der Waals surface area contributed by atoms with E-state index in [-0.39, 0.29) is 18.8 Å². The summed E-state index contributed by atoms with van der Waals surface area (Å²) in [5.41, 5.74) is 1.42. The van der Waals surface area contributed by atoms with Crippen molar-refractivity contribution in [3.05, 3.63) is 143 Å². The Morgan fingerprint density at radius 2 is 1.20 bits per heavy atom. The highest BCUT2D eigenvalue weighted by Crippen LogP contribution is 2.40. The lowest BCUT2D eigenvalue weighted by atomic mass is 9.88. The van der Waals surface area contributed by atoms with Crippen LogP contribution in [0.15, 0.2) is 104 Å². The van der Waals surface area contributed by atoms with Crippen molar-refractivity contribution in [2.24, 2.45) is 0 Å². The van der Waals surface area contributed by atoms with Gasteiger partial charge in [0, 0.05) is 0 Å². The van der Waals surface area contributed by atoms with Crippen LogP contribution in [0, 0.1) is 13.8 Å². The van der Waals surface area contributed by atoms with E-state index in [2.05, 4.69) is 0 Å². The maximum Gasteiger partial charge on any atom is 0.352 e. The van der Waals surface area contributed by atoms with E-state index in [0.29, 0.717) is 33.6 Å². The van der Waals surface area contributed by atoms with Gasteiger partial charge in [0.25, 0.3) is 0 Å². The third-order valence-corrected chi connectivity index (χ3v) is 8.06. The van der Waals surface area contributed by atoms with Crippen molar-refractivity contribution in [2.45, 2.75) is 39.0 Å². The Morgan fingerprint density at radius 1 is 0.683 bits per heavy atom. The van der Waals surface area contributed by atoms with Crippen molar-refractivity contribution >= 4 is 0 Å². The Kier molecular flexibility index (Phi) is 5.33. The van der Waals surface area contributed by atoms with Gasteiger partial charge in [0.2, 0.25) is 0 Å². The Balaban J connectivity index is 1.51. The van der Waals surface area contributed by atoms with Gasteiger partial charge in [-0.15, -0.1) is 0 Å². The smallest absolute Gasteiger partial charge is 0.352 e. The molecule has 7 rings (SSSR count). The van der Waals surface area contributed by atoms with Gasteiger partial charge in [0.1, 0.15) is 11.8 Å². The molecule has 0 saturated heterocycles. The van der Waals surface area contributed by atoms with Crippen molar-refractivity contribution in [3.63, 3.8) is 0 Å². The molecular weight excluding hydrogens is 524 g/mol. The third-order valence-electron chi connectivity index (χ3n) is 8.06. The number of fused-ring (bicyclic) bond motifs is 4. The van der Waals surface area contributed by atoms with Gasteiger partial charge >= 0.3 is 22.8 Å². The van der Waals surface area contributed by atoms with Crippen LogP contribution >= 0.6 is 0 Å². The molecule has 2 aromatic heterocycles. The van der Waals surface area contributed by atoms with Crippen molar-refractivity contribution in [1.82, 2.24) is 27.9 Å². The second-order valence-electron chi connectivity index (χ2n) is 10.5. The number of phenolic OH excluding ortho intramolecular Hbond substituents is 1. The molecule has 11 nitrogen and oxygen atoms in total. The van der Waals surface area contributed by atoms with E-state index in [9.17, 15) is 24.3 Å². The average molecular weight is 551 g/mol. The van der Waals surface area contributed by atoms with Crippen LogP contribution in [0.25, 0.3) is 11.4 Å². The van der Waals surface area contributed by atoms with Gasteiger partial charge in [-0.1, -0.05) is 42.5 Å². The van der Waals surface area contributed by atoms with Crippen LogP contribution in [-0.4, -0.2) is 33.0 Å². The molecule has 0 fully saturated rings. The van der Waals surface area contributed by atoms with Crippen LogP contribution < -0.4 is 22.8 Å². The summed E-state index contributed by atoms with van der Waals surface area (Å²) in [5.74, 6) is 0.148. The molecule has 0 spiro atoms. The normalized spacial score (nSPS) is 17.5. The van der Waals surface area contributed by atoms with Gasteiger partial charge in [0.05, 0.1) is 30.5 Å². The highest BCUT2D eigenvalue weighted by Gasteiger charge is 2.41. The van der Waals surface area contributed by atoms with Crippen LogP contribution in [-0.2, 0) is 13.1 Å². The summed E-state index contributed by atoms with van der Waals surface area (Å²) in [7, 11) is 0. The van der Waals surface area contributed by atoms with Crippen molar-refractivity contribution in [2.75, 3.05) is 0 Å². The molecule has 0 saturated carbocycles. The molecule has 3 aromatic carbocycles. The minimum Gasteiger partial charge on any atom is -0.507 e. The number of phenols is 1. The highest BCUT2D eigenvalue weighted by atomic mass is 16.3. The van der Waals surface area contributed by atoms with E-state index in [1.165, 1.54) is 18.7 Å². The first-order chi connectivity index (χ1) is 19.8. The quantitative estimate of drug-likeness (QED) is 0.345. The van der Waals surface area contributed by atoms with Crippen LogP contribution in [0.4, 0.5) is 0 Å². The largest absolute Gasteiger partial charge is 0.507 e. The molecule has 0 radical (unpaired) electrons. The van der Waals surface area contributed by atoms with E-state index in [4.69, 9.17) is 0 Å². The van der Waals surface area contributed by atoms with Gasteiger partial charge in [-0.05, 0) is 72.5 Å². The number of nitrogens with zero attached hydrogens (tertiary/aromatic N) is 6. The molecule has 0 aliphatic carbocycles. The average Bonchev–Trinajstić information content (AvgIpc) is 3.39. The number of rotatable bonds is 3. The first-order valence-electron chi connectivity index (χ1n) is 13.3. The number of aromatic hydroxyl groups is 1. The number of aromatic nitrogens is 6. The molecule has 2 atom stereocenters. The Labute approximate surface area is 232 Å². The summed E-state index contributed by atoms with van der Waals surface area (Å²) < 4.78 is 7.80. The molecule has 206 valence electrons. The van der Waals surface area contributed by atoms with Crippen LogP contribution in [0.2, 0.25) is 0 Å². The molecule has 0 amide bonds. The third kappa shape index (κ3) is 3.45. The zero-order valence-electron chi connectivity index (χ0n) is 22.3. The first kappa shape index (κ1) is 24.7. The fourth-order valence-corrected chi connectivity index (χ4v) is 6.20. The maximum atomic E-state index is 14.0. The molecule has 2 unspecified atom stereocenters. The van der Waals surface area contributed by atoms with Gasteiger partial charge in [-0.25, -0.2) is 47.0 Å². The van der Waals surface area contributed by atoms with Gasteiger partial charge < -0.3 is 5.11 Å². The molecule has 2 aliphatic rings. The number of benzene rings is 3. The van der Waals surface area contributed by atoms with Crippen molar-refractivity contribution in [1.29, 1.82) is 0 Å². The fraction of sp³-hybridized carbons (Fsp3) is 0.200. The topological polar surface area (TPSA) is 118 Å². The molecule has 4 heterocycles. The lowest BCUT2D eigenvalue weighted by molar-refractivity contribution is 0.246. The van der Waals surface area contributed by atoms with E-state index in [1.54, 1.807) is 86.6 Å². The lowest BCUT2D eigenvalue weighted by Gasteiger charge is -2.37. The van der Waals surface area contributed by atoms with E-state index >= 15 is 0 Å². The maximum absolute atomic E-state index is 14.0. The summed E-state index contributed by atoms with van der Waals surface area (Å²) in [6.45, 7) is 3.64. The van der Waals surface area contributed by atoms with E-state index in [0.717, 1.165) is 9.13 Å². The molecular formula is C30H26N6O5. The second-order valence-corrected chi connectivity index (χ2v) is 10.5. The van der Waals surface area contributed by atoms with Crippen LogP contribution in [0.5, 0.6) is 5.75 Å². The molecule has 41 heavy (non-hydrogen) atoms. The van der Waals surface area contributed by atoms with Gasteiger partial charge in [0.15, 0.2) is 0 Å². The van der Waals surface area contributed by atoms with Crippen molar-refractivity contribution < 1.29 is 5.11 Å². The minimum absolute atomic E-state index is 0.0234. The van der Waals surface area contributed by atoms with Gasteiger partial charge in [-0.2, -0.15) is 0 Å². The highest BCUT2D eigenvalue weighted by molar-refractivity contribution is 5.46. The Morgan fingerprint density at radius 3 is 1.76 bits per heavy atom. The van der Waals surface area contributed by atoms with E-state index < -0.39 is 34.8 Å². The number of hydrogen-bond donors (Lipinski definition) is 1. The molecule has 1 N–H and O–H groups in total. The van der Waals surface area contributed by atoms with Crippen LogP contribution in [0.1, 0.15) is 28.8 Å². The number of aryl methyl sites for hydroxylation is 2. The first-order valence-corrected chi connectivity index (χ1v) is 13.3. The summed E-state index contributed by atoms with van der Waals surface area (Å²) in [5, 5.41) is 10.5. The Hall–Kier alpha value is -5.32. The molecule has 11 heteroatoms. The Bertz CT molecular complexity index is 2100. The number of para-hydroxylation sites is 2. The minimum atomic E-state index is -0.757. The molecule has 5 aromatic rings. The summed E-state index contributed by atoms with van der Waals surface area (Å²) in [4.78, 5) is 55.2. The second kappa shape index (κ2) is 8.85. The number of hydrogen-bond acceptors (Lipinski definition) is 5. The lowest BCUT2D eigenvalue weighted by Crippen LogP contribution is -2.47. The summed E-state index contributed by atoms with van der Waals surface area (Å²) >= 11 is 0. The van der Waals surface area contributed by atoms with Gasteiger partial charge in [-0.3, -0.25) is 0 Å². The van der Waals surface area contributed by atoms with Crippen LogP contribution in [0.3, 0.4) is 0 Å². The number of allylic oxidation sites excluding steroid dienone is 2.